The summed E-state index contributed by atoms with van der Waals surface area (Å²) >= 11 is 0. The maximum atomic E-state index is 5.67. The van der Waals surface area contributed by atoms with E-state index in [-0.39, 0.29) is 0 Å². The van der Waals surface area contributed by atoms with Crippen molar-refractivity contribution in [3.8, 4) is 11.5 Å². The van der Waals surface area contributed by atoms with E-state index in [0.717, 1.165) is 36.0 Å². The van der Waals surface area contributed by atoms with Crippen molar-refractivity contribution >= 4 is 5.96 Å². The third kappa shape index (κ3) is 6.37. The van der Waals surface area contributed by atoms with Crippen molar-refractivity contribution in [3.63, 3.8) is 0 Å². The molecule has 0 aromatic heterocycles. The maximum absolute atomic E-state index is 5.67. The van der Waals surface area contributed by atoms with Gasteiger partial charge < -0.3 is 20.1 Å². The van der Waals surface area contributed by atoms with Gasteiger partial charge in [-0.25, -0.2) is 0 Å². The van der Waals surface area contributed by atoms with Crippen LogP contribution in [-0.4, -0.2) is 33.3 Å². The van der Waals surface area contributed by atoms with E-state index in [9.17, 15) is 0 Å². The minimum Gasteiger partial charge on any atom is -0.496 e. The van der Waals surface area contributed by atoms with Crippen molar-refractivity contribution in [3.05, 3.63) is 59.7 Å². The van der Waals surface area contributed by atoms with Crippen LogP contribution in [0.15, 0.2) is 53.5 Å². The molecule has 0 aliphatic heterocycles. The van der Waals surface area contributed by atoms with E-state index in [1.165, 1.54) is 5.56 Å². The Morgan fingerprint density at radius 2 is 1.88 bits per heavy atom. The molecular formula is C20H27N3O2. The molecule has 25 heavy (non-hydrogen) atoms. The van der Waals surface area contributed by atoms with Gasteiger partial charge >= 0.3 is 0 Å². The highest BCUT2D eigenvalue weighted by Crippen LogP contribution is 2.18. The van der Waals surface area contributed by atoms with Gasteiger partial charge in [0.15, 0.2) is 5.96 Å². The highest BCUT2D eigenvalue weighted by molar-refractivity contribution is 5.79. The quantitative estimate of drug-likeness (QED) is 0.440. The summed E-state index contributed by atoms with van der Waals surface area (Å²) in [5.74, 6) is 2.60. The largest absolute Gasteiger partial charge is 0.496 e. The third-order valence-corrected chi connectivity index (χ3v) is 3.77. The Labute approximate surface area is 150 Å². The highest BCUT2D eigenvalue weighted by atomic mass is 16.5. The number of aryl methyl sites for hydroxylation is 1. The predicted octanol–water partition coefficient (Wildman–Crippen LogP) is 3.14. The van der Waals surface area contributed by atoms with Crippen molar-refractivity contribution in [2.24, 2.45) is 4.99 Å². The molecule has 0 aliphatic carbocycles. The van der Waals surface area contributed by atoms with Gasteiger partial charge in [-0.2, -0.15) is 0 Å². The summed E-state index contributed by atoms with van der Waals surface area (Å²) in [6.07, 6.45) is 0.900. The van der Waals surface area contributed by atoms with Crippen molar-refractivity contribution in [2.45, 2.75) is 19.9 Å². The fraction of sp³-hybridized carbons (Fsp3) is 0.350. The number of nitrogens with zero attached hydrogens (tertiary/aromatic N) is 1. The molecule has 0 saturated carbocycles. The maximum Gasteiger partial charge on any atom is 0.191 e. The van der Waals surface area contributed by atoms with Gasteiger partial charge in [-0.05, 0) is 42.7 Å². The number of hydrogen-bond donors (Lipinski definition) is 2. The van der Waals surface area contributed by atoms with Crippen LogP contribution < -0.4 is 20.1 Å². The second-order valence-corrected chi connectivity index (χ2v) is 5.67. The van der Waals surface area contributed by atoms with Crippen LogP contribution in [0, 0.1) is 6.92 Å². The lowest BCUT2D eigenvalue weighted by atomic mass is 10.1. The molecule has 0 bridgehead atoms. The topological polar surface area (TPSA) is 54.9 Å². The average Bonchev–Trinajstić information content (AvgIpc) is 2.65. The first-order valence-corrected chi connectivity index (χ1v) is 8.49. The SMILES string of the molecule is CN=C(NCCCOc1ccccc1)NCc1ccc(OC)c(C)c1. The Balaban J connectivity index is 1.67. The molecule has 0 amide bonds. The monoisotopic (exact) mass is 341 g/mol. The molecule has 0 fully saturated rings. The normalized spacial score (nSPS) is 11.1. The average molecular weight is 341 g/mol. The Bertz CT molecular complexity index is 672. The number of hydrogen-bond acceptors (Lipinski definition) is 3. The molecule has 0 aliphatic rings. The summed E-state index contributed by atoms with van der Waals surface area (Å²) in [5.41, 5.74) is 2.32. The van der Waals surface area contributed by atoms with E-state index in [1.54, 1.807) is 14.2 Å². The van der Waals surface area contributed by atoms with Crippen molar-refractivity contribution in [2.75, 3.05) is 27.3 Å². The van der Waals surface area contributed by atoms with E-state index in [1.807, 2.05) is 43.3 Å². The van der Waals surface area contributed by atoms with Crippen molar-refractivity contribution < 1.29 is 9.47 Å². The van der Waals surface area contributed by atoms with Crippen LogP contribution in [0.1, 0.15) is 17.5 Å². The van der Waals surface area contributed by atoms with E-state index < -0.39 is 0 Å². The fourth-order valence-electron chi connectivity index (χ4n) is 2.44. The van der Waals surface area contributed by atoms with E-state index in [0.29, 0.717) is 13.2 Å². The molecule has 5 nitrogen and oxygen atoms in total. The lowest BCUT2D eigenvalue weighted by molar-refractivity contribution is 0.311. The van der Waals surface area contributed by atoms with Gasteiger partial charge in [0.2, 0.25) is 0 Å². The Morgan fingerprint density at radius 3 is 2.56 bits per heavy atom. The number of rotatable bonds is 8. The summed E-state index contributed by atoms with van der Waals surface area (Å²) in [4.78, 5) is 4.24. The molecule has 2 aromatic rings. The summed E-state index contributed by atoms with van der Waals surface area (Å²) in [6.45, 7) is 4.23. The smallest absolute Gasteiger partial charge is 0.191 e. The number of methoxy groups -OCH3 is 1. The van der Waals surface area contributed by atoms with Crippen LogP contribution in [0.2, 0.25) is 0 Å². The molecule has 0 heterocycles. The van der Waals surface area contributed by atoms with Crippen LogP contribution in [0.25, 0.3) is 0 Å². The van der Waals surface area contributed by atoms with Gasteiger partial charge in [0.05, 0.1) is 13.7 Å². The minimum absolute atomic E-state index is 0.672. The number of aliphatic imine (C=N–C) groups is 1. The van der Waals surface area contributed by atoms with E-state index in [4.69, 9.17) is 9.47 Å². The number of nitrogens with one attached hydrogen (secondary N) is 2. The molecule has 5 heteroatoms. The van der Waals surface area contributed by atoms with Gasteiger partial charge in [-0.1, -0.05) is 30.3 Å². The van der Waals surface area contributed by atoms with Crippen molar-refractivity contribution in [1.82, 2.24) is 10.6 Å². The molecule has 2 rings (SSSR count). The number of benzene rings is 2. The van der Waals surface area contributed by atoms with Crippen LogP contribution in [-0.2, 0) is 6.54 Å². The van der Waals surface area contributed by atoms with Gasteiger partial charge in [0.25, 0.3) is 0 Å². The second-order valence-electron chi connectivity index (χ2n) is 5.67. The summed E-state index contributed by atoms with van der Waals surface area (Å²) in [7, 11) is 3.46. The molecule has 0 spiro atoms. The molecule has 0 unspecified atom stereocenters. The summed E-state index contributed by atoms with van der Waals surface area (Å²) < 4.78 is 11.0. The molecule has 0 saturated heterocycles. The zero-order chi connectivity index (χ0) is 17.9. The lowest BCUT2D eigenvalue weighted by Crippen LogP contribution is -2.37. The second kappa shape index (κ2) is 10.2. The zero-order valence-electron chi connectivity index (χ0n) is 15.2. The standard InChI is InChI=1S/C20H27N3O2/c1-16-14-17(10-11-19(16)24-3)15-23-20(21-2)22-12-7-13-25-18-8-5-4-6-9-18/h4-6,8-11,14H,7,12-13,15H2,1-3H3,(H2,21,22,23). The number of guanidine groups is 1. The van der Waals surface area contributed by atoms with Gasteiger partial charge in [0, 0.05) is 20.1 Å². The minimum atomic E-state index is 0.672. The first-order valence-electron chi connectivity index (χ1n) is 8.49. The summed E-state index contributed by atoms with van der Waals surface area (Å²) in [6, 6.07) is 16.0. The first-order chi connectivity index (χ1) is 12.2. The highest BCUT2D eigenvalue weighted by Gasteiger charge is 2.02. The van der Waals surface area contributed by atoms with Crippen molar-refractivity contribution in [1.29, 1.82) is 0 Å². The van der Waals surface area contributed by atoms with Crippen LogP contribution in [0.5, 0.6) is 11.5 Å². The molecule has 0 atom stereocenters. The molecule has 2 N–H and O–H groups in total. The van der Waals surface area contributed by atoms with Gasteiger partial charge in [0.1, 0.15) is 11.5 Å². The van der Waals surface area contributed by atoms with Crippen LogP contribution in [0.4, 0.5) is 0 Å². The first kappa shape index (κ1) is 18.6. The van der Waals surface area contributed by atoms with E-state index >= 15 is 0 Å². The molecule has 134 valence electrons. The zero-order valence-corrected chi connectivity index (χ0v) is 15.2. The molecular weight excluding hydrogens is 314 g/mol. The number of ether oxygens (including phenoxy) is 2. The Kier molecular flexibility index (Phi) is 7.63. The van der Waals surface area contributed by atoms with Gasteiger partial charge in [-0.15, -0.1) is 0 Å². The summed E-state index contributed by atoms with van der Waals surface area (Å²) in [5, 5.41) is 6.61. The van der Waals surface area contributed by atoms with E-state index in [2.05, 4.69) is 27.8 Å². The molecule has 0 radical (unpaired) electrons. The van der Waals surface area contributed by atoms with Gasteiger partial charge in [-0.3, -0.25) is 4.99 Å². The number of para-hydroxylation sites is 1. The van der Waals surface area contributed by atoms with Crippen LogP contribution in [0.3, 0.4) is 0 Å². The Hall–Kier alpha value is -2.69. The third-order valence-electron chi connectivity index (χ3n) is 3.77. The molecule has 2 aromatic carbocycles. The lowest BCUT2D eigenvalue weighted by Gasteiger charge is -2.13. The Morgan fingerprint density at radius 1 is 1.08 bits per heavy atom. The predicted molar refractivity (Wildman–Crippen MR) is 102 cm³/mol. The van der Waals surface area contributed by atoms with Crippen LogP contribution >= 0.6 is 0 Å². The fourth-order valence-corrected chi connectivity index (χ4v) is 2.44.